The van der Waals surface area contributed by atoms with Crippen molar-refractivity contribution in [2.45, 2.75) is 65.9 Å². The second-order valence-electron chi connectivity index (χ2n) is 7.69. The first-order valence-electron chi connectivity index (χ1n) is 9.49. The highest BCUT2D eigenvalue weighted by atomic mass is 32.2. The van der Waals surface area contributed by atoms with Gasteiger partial charge in [0, 0.05) is 6.54 Å². The number of rotatable bonds is 13. The van der Waals surface area contributed by atoms with E-state index in [0.29, 0.717) is 0 Å². The molecule has 0 bridgehead atoms. The van der Waals surface area contributed by atoms with Crippen LogP contribution in [-0.4, -0.2) is 89.3 Å². The number of carbonyl (C=O) groups is 1. The van der Waals surface area contributed by atoms with Crippen molar-refractivity contribution >= 4 is 16.0 Å². The van der Waals surface area contributed by atoms with E-state index in [-0.39, 0.29) is 0 Å². The van der Waals surface area contributed by atoms with Gasteiger partial charge in [-0.25, -0.2) is 13.2 Å². The van der Waals surface area contributed by atoms with Gasteiger partial charge >= 0.3 is 64.9 Å². The van der Waals surface area contributed by atoms with Gasteiger partial charge in [0.05, 0.1) is 0 Å². The molecule has 0 aromatic heterocycles. The van der Waals surface area contributed by atoms with Crippen molar-refractivity contribution in [2.24, 2.45) is 0 Å². The SMILES string of the molecule is CCN(C(F)(F)C(F)(F)C(C(=O)O)=C(F)F)S(=O)(=O)C(F)(F)C(F)(F)C(F)(F)C(F)(F)C(F)(F)C(F)(F)C(F)(F)C(F)(F)F. The minimum atomic E-state index is -9.39. The van der Waals surface area contributed by atoms with Gasteiger partial charge in [0.2, 0.25) is 0 Å². The van der Waals surface area contributed by atoms with Crippen molar-refractivity contribution in [3.05, 3.63) is 11.7 Å². The molecule has 0 heterocycles. The van der Waals surface area contributed by atoms with E-state index >= 15 is 0 Å². The van der Waals surface area contributed by atoms with Crippen LogP contribution in [0.15, 0.2) is 11.7 Å². The van der Waals surface area contributed by atoms with Crippen LogP contribution in [0, 0.1) is 0 Å². The Morgan fingerprint density at radius 1 is 0.591 bits per heavy atom. The third-order valence-corrected chi connectivity index (χ3v) is 6.97. The normalized spacial score (nSPS) is 15.9. The van der Waals surface area contributed by atoms with E-state index in [9.17, 15) is 114 Å². The zero-order chi connectivity index (χ0) is 36.5. The Morgan fingerprint density at radius 2 is 0.886 bits per heavy atom. The summed E-state index contributed by atoms with van der Waals surface area (Å²) < 4.78 is 328. The van der Waals surface area contributed by atoms with E-state index in [4.69, 9.17) is 5.11 Å². The summed E-state index contributed by atoms with van der Waals surface area (Å²) in [5.74, 6) is -66.1. The molecule has 0 amide bonds. The number of aliphatic carboxylic acids is 1. The Balaban J connectivity index is 7.54. The molecule has 0 radical (unpaired) electrons. The van der Waals surface area contributed by atoms with Crippen molar-refractivity contribution in [1.29, 1.82) is 0 Å². The molecule has 0 unspecified atom stereocenters. The zero-order valence-electron chi connectivity index (χ0n) is 19.4. The second-order valence-corrected chi connectivity index (χ2v) is 9.59. The maximum atomic E-state index is 14.2. The molecule has 0 atom stereocenters. The van der Waals surface area contributed by atoms with Gasteiger partial charge in [0.25, 0.3) is 16.1 Å². The summed E-state index contributed by atoms with van der Waals surface area (Å²) in [4.78, 5) is 10.5. The van der Waals surface area contributed by atoms with E-state index in [2.05, 4.69) is 0 Å². The average molecular weight is 733 g/mol. The van der Waals surface area contributed by atoms with Gasteiger partial charge in [0.1, 0.15) is 0 Å². The summed E-state index contributed by atoms with van der Waals surface area (Å²) in [6.07, 6.45) is -12.5. The minimum absolute atomic E-state index is 0.466. The van der Waals surface area contributed by atoms with Crippen LogP contribution in [0.1, 0.15) is 6.92 Å². The lowest BCUT2D eigenvalue weighted by Gasteiger charge is -2.43. The van der Waals surface area contributed by atoms with E-state index in [1.54, 1.807) is 0 Å². The van der Waals surface area contributed by atoms with Gasteiger partial charge < -0.3 is 5.11 Å². The predicted molar refractivity (Wildman–Crippen MR) is 88.8 cm³/mol. The van der Waals surface area contributed by atoms with Crippen molar-refractivity contribution in [1.82, 2.24) is 4.31 Å². The average Bonchev–Trinajstić information content (AvgIpc) is 2.76. The van der Waals surface area contributed by atoms with Gasteiger partial charge in [0.15, 0.2) is 5.57 Å². The molecule has 0 fully saturated rings. The molecular formula is C15H6F23NO4S. The highest BCUT2D eigenvalue weighted by molar-refractivity contribution is 7.90. The molecule has 262 valence electrons. The standard InChI is InChI=1S/C15H6F23NO4S/c1-2-39(14(35,36)6(18,19)3(4(16)17)5(40)41)44(42,43)15(37,38)12(30,31)10(26,27)8(22,23)7(20,21)9(24,25)11(28,29)13(32,33)34/h2H2,1H3,(H,40,41). The summed E-state index contributed by atoms with van der Waals surface area (Å²) in [5.41, 5.74) is -4.21. The third kappa shape index (κ3) is 5.17. The molecule has 0 aromatic rings. The molecule has 0 aliphatic rings. The maximum absolute atomic E-state index is 14.2. The van der Waals surface area contributed by atoms with Crippen molar-refractivity contribution < 1.29 is 119 Å². The van der Waals surface area contributed by atoms with Crippen LogP contribution < -0.4 is 0 Å². The number of carboxylic acid groups (broad SMARTS) is 1. The molecule has 0 aliphatic carbocycles. The Morgan fingerprint density at radius 3 is 1.14 bits per heavy atom. The van der Waals surface area contributed by atoms with Gasteiger partial charge in [-0.1, -0.05) is 6.92 Å². The number of carboxylic acids is 1. The largest absolute Gasteiger partial charge is 0.478 e. The molecule has 29 heteroatoms. The van der Waals surface area contributed by atoms with E-state index < -0.39 is 104 Å². The number of hydrogen-bond donors (Lipinski definition) is 1. The van der Waals surface area contributed by atoms with E-state index in [1.807, 2.05) is 0 Å². The number of halogens is 23. The summed E-state index contributed by atoms with van der Waals surface area (Å²) in [7, 11) is -9.12. The third-order valence-electron chi connectivity index (χ3n) is 5.00. The van der Waals surface area contributed by atoms with Crippen LogP contribution in [0.2, 0.25) is 0 Å². The number of alkyl halides is 21. The summed E-state index contributed by atoms with van der Waals surface area (Å²) in [5, 5.41) is -0.553. The molecule has 0 aromatic carbocycles. The van der Waals surface area contributed by atoms with Crippen LogP contribution in [0.5, 0.6) is 0 Å². The molecule has 5 nitrogen and oxygen atoms in total. The summed E-state index contributed by atoms with van der Waals surface area (Å²) in [6.45, 7) is -3.45. The van der Waals surface area contributed by atoms with E-state index in [0.717, 1.165) is 0 Å². The zero-order valence-corrected chi connectivity index (χ0v) is 20.2. The van der Waals surface area contributed by atoms with Crippen molar-refractivity contribution in [2.75, 3.05) is 6.54 Å². The van der Waals surface area contributed by atoms with Gasteiger partial charge in [-0.15, -0.1) is 4.31 Å². The van der Waals surface area contributed by atoms with Gasteiger partial charge in [-0.05, 0) is 0 Å². The Kier molecular flexibility index (Phi) is 10.2. The van der Waals surface area contributed by atoms with Crippen LogP contribution in [0.3, 0.4) is 0 Å². The lowest BCUT2D eigenvalue weighted by Crippen LogP contribution is -2.75. The number of nitrogens with zero attached hydrogens (tertiary/aromatic N) is 1. The first-order valence-corrected chi connectivity index (χ1v) is 10.9. The van der Waals surface area contributed by atoms with Crippen LogP contribution >= 0.6 is 0 Å². The number of hydrogen-bond acceptors (Lipinski definition) is 3. The fourth-order valence-corrected chi connectivity index (χ4v) is 4.10. The fraction of sp³-hybridized carbons (Fsp3) is 0.800. The monoisotopic (exact) mass is 733 g/mol. The fourth-order valence-electron chi connectivity index (χ4n) is 2.61. The molecule has 0 saturated heterocycles. The predicted octanol–water partition coefficient (Wildman–Crippen LogP) is 7.07. The molecule has 0 saturated carbocycles. The van der Waals surface area contributed by atoms with Crippen LogP contribution in [0.25, 0.3) is 0 Å². The Labute approximate surface area is 224 Å². The first-order chi connectivity index (χ1) is 18.7. The smallest absolute Gasteiger partial charge is 0.460 e. The summed E-state index contributed by atoms with van der Waals surface area (Å²) in [6, 6.07) is -7.58. The molecule has 1 N–H and O–H groups in total. The van der Waals surface area contributed by atoms with Crippen molar-refractivity contribution in [3.8, 4) is 0 Å². The van der Waals surface area contributed by atoms with E-state index in [1.165, 1.54) is 0 Å². The minimum Gasteiger partial charge on any atom is -0.478 e. The van der Waals surface area contributed by atoms with Gasteiger partial charge in [-0.3, -0.25) is 0 Å². The first kappa shape index (κ1) is 41.5. The number of sulfonamides is 1. The molecule has 0 aliphatic heterocycles. The second kappa shape index (κ2) is 10.8. The van der Waals surface area contributed by atoms with Crippen LogP contribution in [0.4, 0.5) is 101 Å². The molecule has 0 rings (SSSR count). The molecular weight excluding hydrogens is 727 g/mol. The van der Waals surface area contributed by atoms with Crippen molar-refractivity contribution in [3.63, 3.8) is 0 Å². The topological polar surface area (TPSA) is 74.7 Å². The summed E-state index contributed by atoms with van der Waals surface area (Å²) >= 11 is 0. The molecule has 0 spiro atoms. The Hall–Kier alpha value is -2.49. The lowest BCUT2D eigenvalue weighted by molar-refractivity contribution is -0.458. The van der Waals surface area contributed by atoms with Crippen LogP contribution in [-0.2, 0) is 14.8 Å². The highest BCUT2D eigenvalue weighted by Crippen LogP contribution is 2.65. The van der Waals surface area contributed by atoms with Gasteiger partial charge in [-0.2, -0.15) is 101 Å². The highest BCUT2D eigenvalue weighted by Gasteiger charge is 2.96. The lowest BCUT2D eigenvalue weighted by atomic mass is 9.91. The molecule has 44 heavy (non-hydrogen) atoms. The quantitative estimate of drug-likeness (QED) is 0.125. The maximum Gasteiger partial charge on any atom is 0.460 e. The Bertz CT molecular complexity index is 1250.